The molecular formula is C16H23NO3. The van der Waals surface area contributed by atoms with Gasteiger partial charge in [-0.05, 0) is 32.3 Å². The smallest absolute Gasteiger partial charge is 0.410 e. The molecular weight excluding hydrogens is 254 g/mol. The van der Waals surface area contributed by atoms with Gasteiger partial charge in [-0.2, -0.15) is 0 Å². The van der Waals surface area contributed by atoms with Gasteiger partial charge in [0.1, 0.15) is 6.61 Å². The number of likely N-dealkylation sites (tertiary alicyclic amines) is 1. The first-order valence-corrected chi connectivity index (χ1v) is 7.07. The van der Waals surface area contributed by atoms with E-state index in [1.165, 1.54) is 0 Å². The summed E-state index contributed by atoms with van der Waals surface area (Å²) < 4.78 is 10.9. The van der Waals surface area contributed by atoms with Gasteiger partial charge in [-0.15, -0.1) is 0 Å². The predicted octanol–water partition coefficient (Wildman–Crippen LogP) is 3.21. The molecule has 110 valence electrons. The van der Waals surface area contributed by atoms with Crippen molar-refractivity contribution in [2.75, 3.05) is 13.7 Å². The van der Waals surface area contributed by atoms with Crippen molar-refractivity contribution in [2.45, 2.75) is 44.9 Å². The van der Waals surface area contributed by atoms with Crippen molar-refractivity contribution in [1.29, 1.82) is 0 Å². The molecule has 0 saturated carbocycles. The van der Waals surface area contributed by atoms with Gasteiger partial charge in [-0.1, -0.05) is 30.3 Å². The topological polar surface area (TPSA) is 38.8 Å². The lowest BCUT2D eigenvalue weighted by atomic mass is 9.96. The summed E-state index contributed by atoms with van der Waals surface area (Å²) >= 11 is 0. The van der Waals surface area contributed by atoms with E-state index < -0.39 is 0 Å². The molecule has 20 heavy (non-hydrogen) atoms. The third kappa shape index (κ3) is 3.31. The van der Waals surface area contributed by atoms with Gasteiger partial charge in [-0.3, -0.25) is 0 Å². The Hall–Kier alpha value is -1.55. The monoisotopic (exact) mass is 277 g/mol. The molecule has 0 aromatic heterocycles. The molecule has 0 bridgehead atoms. The van der Waals surface area contributed by atoms with Crippen LogP contribution in [-0.2, 0) is 16.1 Å². The summed E-state index contributed by atoms with van der Waals surface area (Å²) in [6.07, 6.45) is 1.71. The molecule has 0 spiro atoms. The number of benzene rings is 1. The van der Waals surface area contributed by atoms with Crippen molar-refractivity contribution in [3.63, 3.8) is 0 Å². The SMILES string of the molecule is COC(C)(C)[C@@H]1CCCN1C(=O)OCc1ccccc1. The molecule has 0 N–H and O–H groups in total. The molecule has 1 atom stereocenters. The summed E-state index contributed by atoms with van der Waals surface area (Å²) in [5.41, 5.74) is 0.657. The van der Waals surface area contributed by atoms with E-state index in [-0.39, 0.29) is 17.7 Å². The van der Waals surface area contributed by atoms with Crippen LogP contribution in [0.25, 0.3) is 0 Å². The Morgan fingerprint density at radius 3 is 2.70 bits per heavy atom. The van der Waals surface area contributed by atoms with Crippen molar-refractivity contribution < 1.29 is 14.3 Å². The number of ether oxygens (including phenoxy) is 2. The van der Waals surface area contributed by atoms with Crippen LogP contribution in [0.5, 0.6) is 0 Å². The fourth-order valence-electron chi connectivity index (χ4n) is 2.65. The number of carbonyl (C=O) groups is 1. The maximum atomic E-state index is 12.2. The molecule has 1 amide bonds. The van der Waals surface area contributed by atoms with E-state index >= 15 is 0 Å². The first-order valence-electron chi connectivity index (χ1n) is 7.07. The van der Waals surface area contributed by atoms with Gasteiger partial charge in [0.15, 0.2) is 0 Å². The van der Waals surface area contributed by atoms with Crippen LogP contribution in [0, 0.1) is 0 Å². The highest BCUT2D eigenvalue weighted by molar-refractivity contribution is 5.68. The molecule has 1 aliphatic rings. The van der Waals surface area contributed by atoms with Crippen LogP contribution >= 0.6 is 0 Å². The van der Waals surface area contributed by atoms with Crippen molar-refractivity contribution in [3.05, 3.63) is 35.9 Å². The second-order valence-electron chi connectivity index (χ2n) is 5.70. The summed E-state index contributed by atoms with van der Waals surface area (Å²) in [6, 6.07) is 9.81. The van der Waals surface area contributed by atoms with Crippen LogP contribution in [0.3, 0.4) is 0 Å². The molecule has 1 aromatic carbocycles. The van der Waals surface area contributed by atoms with Crippen molar-refractivity contribution in [1.82, 2.24) is 4.90 Å². The van der Waals surface area contributed by atoms with Gasteiger partial charge in [0.05, 0.1) is 11.6 Å². The average Bonchev–Trinajstić information content (AvgIpc) is 2.96. The Labute approximate surface area is 120 Å². The van der Waals surface area contributed by atoms with Crippen LogP contribution in [0.4, 0.5) is 4.79 Å². The second-order valence-corrected chi connectivity index (χ2v) is 5.70. The maximum Gasteiger partial charge on any atom is 0.410 e. The minimum atomic E-state index is -0.345. The number of nitrogens with zero attached hydrogens (tertiary/aromatic N) is 1. The van der Waals surface area contributed by atoms with E-state index in [1.807, 2.05) is 44.2 Å². The molecule has 1 saturated heterocycles. The van der Waals surface area contributed by atoms with E-state index in [2.05, 4.69) is 0 Å². The Morgan fingerprint density at radius 1 is 1.35 bits per heavy atom. The highest BCUT2D eigenvalue weighted by Gasteiger charge is 2.40. The molecule has 2 rings (SSSR count). The lowest BCUT2D eigenvalue weighted by Gasteiger charge is -2.36. The van der Waals surface area contributed by atoms with Crippen LogP contribution in [0.15, 0.2) is 30.3 Å². The van der Waals surface area contributed by atoms with Crippen LogP contribution in [0.2, 0.25) is 0 Å². The number of hydrogen-bond acceptors (Lipinski definition) is 3. The Balaban J connectivity index is 1.95. The van der Waals surface area contributed by atoms with Gasteiger partial charge < -0.3 is 14.4 Å². The first-order chi connectivity index (χ1) is 9.54. The average molecular weight is 277 g/mol. The zero-order chi connectivity index (χ0) is 14.6. The summed E-state index contributed by atoms with van der Waals surface area (Å²) in [4.78, 5) is 14.0. The van der Waals surface area contributed by atoms with Gasteiger partial charge in [0.25, 0.3) is 0 Å². The van der Waals surface area contributed by atoms with Crippen molar-refractivity contribution in [3.8, 4) is 0 Å². The molecule has 0 radical (unpaired) electrons. The predicted molar refractivity (Wildman–Crippen MR) is 77.4 cm³/mol. The normalized spacial score (nSPS) is 19.1. The number of carbonyl (C=O) groups excluding carboxylic acids is 1. The van der Waals surface area contributed by atoms with Gasteiger partial charge in [0.2, 0.25) is 0 Å². The first kappa shape index (κ1) is 14.9. The van der Waals surface area contributed by atoms with E-state index in [1.54, 1.807) is 12.0 Å². The highest BCUT2D eigenvalue weighted by Crippen LogP contribution is 2.29. The number of amides is 1. The minimum Gasteiger partial charge on any atom is -0.445 e. The molecule has 4 nitrogen and oxygen atoms in total. The summed E-state index contributed by atoms with van der Waals surface area (Å²) in [6.45, 7) is 5.09. The standard InChI is InChI=1S/C16H23NO3/c1-16(2,19-3)14-10-7-11-17(14)15(18)20-12-13-8-5-4-6-9-13/h4-6,8-9,14H,7,10-12H2,1-3H3/t14-/m0/s1. The lowest BCUT2D eigenvalue weighted by Crippen LogP contribution is -2.49. The lowest BCUT2D eigenvalue weighted by molar-refractivity contribution is -0.0391. The highest BCUT2D eigenvalue weighted by atomic mass is 16.6. The Morgan fingerprint density at radius 2 is 2.05 bits per heavy atom. The maximum absolute atomic E-state index is 12.2. The summed E-state index contributed by atoms with van der Waals surface area (Å²) in [5.74, 6) is 0. The quantitative estimate of drug-likeness (QED) is 0.848. The molecule has 4 heteroatoms. The largest absolute Gasteiger partial charge is 0.445 e. The third-order valence-corrected chi connectivity index (χ3v) is 4.02. The van der Waals surface area contributed by atoms with Crippen LogP contribution in [0.1, 0.15) is 32.3 Å². The van der Waals surface area contributed by atoms with E-state index in [4.69, 9.17) is 9.47 Å². The van der Waals surface area contributed by atoms with Crippen LogP contribution < -0.4 is 0 Å². The van der Waals surface area contributed by atoms with Gasteiger partial charge in [-0.25, -0.2) is 4.79 Å². The fourth-order valence-corrected chi connectivity index (χ4v) is 2.65. The zero-order valence-corrected chi connectivity index (χ0v) is 12.5. The molecule has 0 aliphatic carbocycles. The third-order valence-electron chi connectivity index (χ3n) is 4.02. The number of rotatable bonds is 4. The van der Waals surface area contributed by atoms with E-state index in [9.17, 15) is 4.79 Å². The van der Waals surface area contributed by atoms with Gasteiger partial charge >= 0.3 is 6.09 Å². The van der Waals surface area contributed by atoms with Crippen molar-refractivity contribution in [2.24, 2.45) is 0 Å². The fraction of sp³-hybridized carbons (Fsp3) is 0.562. The van der Waals surface area contributed by atoms with Crippen LogP contribution in [-0.4, -0.2) is 36.3 Å². The summed E-state index contributed by atoms with van der Waals surface area (Å²) in [7, 11) is 1.69. The summed E-state index contributed by atoms with van der Waals surface area (Å²) in [5, 5.41) is 0. The number of hydrogen-bond donors (Lipinski definition) is 0. The van der Waals surface area contributed by atoms with Gasteiger partial charge in [0, 0.05) is 13.7 Å². The molecule has 1 aromatic rings. The zero-order valence-electron chi connectivity index (χ0n) is 12.5. The Kier molecular flexibility index (Phi) is 4.65. The molecule has 1 fully saturated rings. The molecule has 1 heterocycles. The van der Waals surface area contributed by atoms with E-state index in [0.29, 0.717) is 6.61 Å². The molecule has 1 aliphatic heterocycles. The van der Waals surface area contributed by atoms with E-state index in [0.717, 1.165) is 24.9 Å². The second kappa shape index (κ2) is 6.27. The minimum absolute atomic E-state index is 0.0794. The van der Waals surface area contributed by atoms with Crippen molar-refractivity contribution >= 4 is 6.09 Å². The Bertz CT molecular complexity index is 444. The molecule has 0 unspecified atom stereocenters. The number of methoxy groups -OCH3 is 1.